The predicted molar refractivity (Wildman–Crippen MR) is 79.4 cm³/mol. The second-order valence-corrected chi connectivity index (χ2v) is 6.55. The summed E-state index contributed by atoms with van der Waals surface area (Å²) >= 11 is 0. The number of hydrogen-bond acceptors (Lipinski definition) is 2. The van der Waals surface area contributed by atoms with Crippen molar-refractivity contribution in [3.05, 3.63) is 0 Å². The van der Waals surface area contributed by atoms with Crippen LogP contribution in [-0.2, 0) is 9.47 Å². The molecule has 0 aromatic rings. The van der Waals surface area contributed by atoms with E-state index < -0.39 is 0 Å². The Bertz CT molecular complexity index is 248. The first kappa shape index (κ1) is 15.3. The molecule has 2 aliphatic carbocycles. The summed E-state index contributed by atoms with van der Waals surface area (Å²) in [5.74, 6) is 1.72. The molecule has 0 heterocycles. The molecule has 0 spiro atoms. The Balaban J connectivity index is 1.88. The van der Waals surface area contributed by atoms with Gasteiger partial charge in [0.25, 0.3) is 0 Å². The Kier molecular flexibility index (Phi) is 5.70. The van der Waals surface area contributed by atoms with E-state index in [1.807, 2.05) is 7.11 Å². The highest BCUT2D eigenvalue weighted by molar-refractivity contribution is 4.94. The first-order chi connectivity index (χ1) is 9.24. The zero-order valence-corrected chi connectivity index (χ0v) is 13.1. The molecule has 2 aliphatic rings. The lowest BCUT2D eigenvalue weighted by Gasteiger charge is -2.47. The van der Waals surface area contributed by atoms with E-state index in [4.69, 9.17) is 9.47 Å². The smallest absolute Gasteiger partial charge is 0.0707 e. The Labute approximate surface area is 119 Å². The maximum absolute atomic E-state index is 6.07. The molecule has 0 saturated heterocycles. The van der Waals surface area contributed by atoms with E-state index in [1.54, 1.807) is 0 Å². The fourth-order valence-corrected chi connectivity index (χ4v) is 4.34. The molecule has 19 heavy (non-hydrogen) atoms. The minimum absolute atomic E-state index is 0.197. The third kappa shape index (κ3) is 3.52. The normalized spacial score (nSPS) is 40.3. The van der Waals surface area contributed by atoms with Gasteiger partial charge in [-0.1, -0.05) is 13.3 Å². The molecule has 0 N–H and O–H groups in total. The van der Waals surface area contributed by atoms with Gasteiger partial charge in [-0.3, -0.25) is 0 Å². The van der Waals surface area contributed by atoms with Gasteiger partial charge in [0, 0.05) is 13.7 Å². The maximum atomic E-state index is 6.07. The quantitative estimate of drug-likeness (QED) is 0.727. The predicted octanol–water partition coefficient (Wildman–Crippen LogP) is 4.57. The van der Waals surface area contributed by atoms with E-state index in [0.29, 0.717) is 6.10 Å². The van der Waals surface area contributed by atoms with Crippen molar-refractivity contribution in [2.24, 2.45) is 11.8 Å². The topological polar surface area (TPSA) is 18.5 Å². The van der Waals surface area contributed by atoms with Gasteiger partial charge in [0.2, 0.25) is 0 Å². The van der Waals surface area contributed by atoms with Crippen LogP contribution in [0.5, 0.6) is 0 Å². The van der Waals surface area contributed by atoms with E-state index in [2.05, 4.69) is 13.8 Å². The molecule has 112 valence electrons. The van der Waals surface area contributed by atoms with Crippen LogP contribution in [0.1, 0.15) is 71.6 Å². The highest BCUT2D eigenvalue weighted by Crippen LogP contribution is 2.46. The van der Waals surface area contributed by atoms with Crippen molar-refractivity contribution >= 4 is 0 Å². The van der Waals surface area contributed by atoms with Crippen LogP contribution in [0.25, 0.3) is 0 Å². The average Bonchev–Trinajstić information content (AvgIpc) is 2.48. The summed E-state index contributed by atoms with van der Waals surface area (Å²) in [6.07, 6.45) is 12.2. The van der Waals surface area contributed by atoms with Gasteiger partial charge in [0.15, 0.2) is 0 Å². The average molecular weight is 268 g/mol. The van der Waals surface area contributed by atoms with Gasteiger partial charge in [-0.15, -0.1) is 0 Å². The van der Waals surface area contributed by atoms with E-state index in [1.165, 1.54) is 57.8 Å². The molecule has 0 atom stereocenters. The molecule has 0 radical (unpaired) electrons. The third-order valence-corrected chi connectivity index (χ3v) is 5.76. The lowest BCUT2D eigenvalue weighted by molar-refractivity contribution is -0.112. The van der Waals surface area contributed by atoms with Gasteiger partial charge in [-0.25, -0.2) is 0 Å². The van der Waals surface area contributed by atoms with Gasteiger partial charge in [-0.05, 0) is 70.1 Å². The molecule has 2 heteroatoms. The maximum Gasteiger partial charge on any atom is 0.0707 e. The summed E-state index contributed by atoms with van der Waals surface area (Å²) in [4.78, 5) is 0. The second kappa shape index (κ2) is 7.08. The molecule has 2 fully saturated rings. The molecule has 2 rings (SSSR count). The van der Waals surface area contributed by atoms with Crippen LogP contribution >= 0.6 is 0 Å². The van der Waals surface area contributed by atoms with Gasteiger partial charge in [0.1, 0.15) is 0 Å². The Morgan fingerprint density at radius 2 is 1.58 bits per heavy atom. The van der Waals surface area contributed by atoms with E-state index >= 15 is 0 Å². The lowest BCUT2D eigenvalue weighted by Crippen LogP contribution is -2.45. The Hall–Kier alpha value is -0.0800. The molecule has 0 aromatic carbocycles. The molecule has 2 saturated carbocycles. The third-order valence-electron chi connectivity index (χ3n) is 5.76. The largest absolute Gasteiger partial charge is 0.379 e. The number of methoxy groups -OCH3 is 1. The molecule has 0 bridgehead atoms. The number of ether oxygens (including phenoxy) is 2. The minimum Gasteiger partial charge on any atom is -0.379 e. The van der Waals surface area contributed by atoms with Crippen LogP contribution in [0, 0.1) is 11.8 Å². The van der Waals surface area contributed by atoms with Gasteiger partial charge in [0.05, 0.1) is 11.7 Å². The van der Waals surface area contributed by atoms with Gasteiger partial charge < -0.3 is 9.47 Å². The van der Waals surface area contributed by atoms with Crippen molar-refractivity contribution in [3.63, 3.8) is 0 Å². The molecule has 0 aliphatic heterocycles. The number of rotatable bonds is 5. The van der Waals surface area contributed by atoms with Crippen molar-refractivity contribution in [2.45, 2.75) is 83.3 Å². The van der Waals surface area contributed by atoms with Crippen molar-refractivity contribution in [2.75, 3.05) is 13.7 Å². The first-order valence-electron chi connectivity index (χ1n) is 8.40. The van der Waals surface area contributed by atoms with Crippen molar-refractivity contribution in [3.8, 4) is 0 Å². The summed E-state index contributed by atoms with van der Waals surface area (Å²) in [5, 5.41) is 0. The summed E-state index contributed by atoms with van der Waals surface area (Å²) in [7, 11) is 1.95. The SMILES string of the molecule is CCOC1CCC(C2(OC)CCC(CC)CC2)CC1. The van der Waals surface area contributed by atoms with Crippen LogP contribution in [-0.4, -0.2) is 25.4 Å². The summed E-state index contributed by atoms with van der Waals surface area (Å²) < 4.78 is 11.8. The Morgan fingerprint density at radius 3 is 2.05 bits per heavy atom. The zero-order chi connectivity index (χ0) is 13.7. The number of hydrogen-bond donors (Lipinski definition) is 0. The summed E-state index contributed by atoms with van der Waals surface area (Å²) in [6.45, 7) is 5.30. The lowest BCUT2D eigenvalue weighted by atomic mass is 9.67. The van der Waals surface area contributed by atoms with Gasteiger partial charge >= 0.3 is 0 Å². The summed E-state index contributed by atoms with van der Waals surface area (Å²) in [5.41, 5.74) is 0.197. The monoisotopic (exact) mass is 268 g/mol. The summed E-state index contributed by atoms with van der Waals surface area (Å²) in [6, 6.07) is 0. The zero-order valence-electron chi connectivity index (χ0n) is 13.1. The molecular formula is C17H32O2. The highest BCUT2D eigenvalue weighted by atomic mass is 16.5. The van der Waals surface area contributed by atoms with E-state index in [0.717, 1.165) is 18.4 Å². The molecule has 0 unspecified atom stereocenters. The molecule has 0 aromatic heterocycles. The fraction of sp³-hybridized carbons (Fsp3) is 1.00. The van der Waals surface area contributed by atoms with Crippen LogP contribution in [0.4, 0.5) is 0 Å². The van der Waals surface area contributed by atoms with Crippen LogP contribution in [0.3, 0.4) is 0 Å². The first-order valence-corrected chi connectivity index (χ1v) is 8.40. The minimum atomic E-state index is 0.197. The van der Waals surface area contributed by atoms with E-state index in [9.17, 15) is 0 Å². The van der Waals surface area contributed by atoms with Crippen molar-refractivity contribution in [1.29, 1.82) is 0 Å². The highest BCUT2D eigenvalue weighted by Gasteiger charge is 2.43. The second-order valence-electron chi connectivity index (χ2n) is 6.55. The van der Waals surface area contributed by atoms with Gasteiger partial charge in [-0.2, -0.15) is 0 Å². The standard InChI is InChI=1S/C17H32O2/c1-4-14-10-12-17(18-3,13-11-14)15-6-8-16(9-7-15)19-5-2/h14-16H,4-13H2,1-3H3. The van der Waals surface area contributed by atoms with Crippen LogP contribution in [0.2, 0.25) is 0 Å². The Morgan fingerprint density at radius 1 is 0.947 bits per heavy atom. The molecular weight excluding hydrogens is 236 g/mol. The molecule has 2 nitrogen and oxygen atoms in total. The fourth-order valence-electron chi connectivity index (χ4n) is 4.34. The van der Waals surface area contributed by atoms with Crippen molar-refractivity contribution < 1.29 is 9.47 Å². The van der Waals surface area contributed by atoms with Crippen LogP contribution in [0.15, 0.2) is 0 Å². The van der Waals surface area contributed by atoms with E-state index in [-0.39, 0.29) is 5.60 Å². The molecule has 0 amide bonds. The van der Waals surface area contributed by atoms with Crippen LogP contribution < -0.4 is 0 Å². The van der Waals surface area contributed by atoms with Crippen molar-refractivity contribution in [1.82, 2.24) is 0 Å².